The Bertz CT molecular complexity index is 382. The van der Waals surface area contributed by atoms with Crippen LogP contribution < -0.4 is 10.5 Å². The standard InChI is InChI=1S/C13H20N2O2/c1-10-9-17-6-5-15(10)8-11-7-12(14)3-4-13(11)16-2/h3-4,7,10H,5-6,8-9,14H2,1-2H3. The Kier molecular flexibility index (Phi) is 3.86. The molecule has 4 heteroatoms. The lowest BCUT2D eigenvalue weighted by atomic mass is 10.1. The predicted molar refractivity (Wildman–Crippen MR) is 68.1 cm³/mol. The summed E-state index contributed by atoms with van der Waals surface area (Å²) in [4.78, 5) is 2.39. The van der Waals surface area contributed by atoms with Crippen molar-refractivity contribution in [3.63, 3.8) is 0 Å². The Morgan fingerprint density at radius 3 is 3.06 bits per heavy atom. The monoisotopic (exact) mass is 236 g/mol. The summed E-state index contributed by atoms with van der Waals surface area (Å²) in [5.41, 5.74) is 7.74. The van der Waals surface area contributed by atoms with E-state index in [1.165, 1.54) is 0 Å². The zero-order chi connectivity index (χ0) is 12.3. The van der Waals surface area contributed by atoms with Gasteiger partial charge in [-0.05, 0) is 25.1 Å². The van der Waals surface area contributed by atoms with Gasteiger partial charge in [-0.25, -0.2) is 0 Å². The number of anilines is 1. The molecule has 1 unspecified atom stereocenters. The second-order valence-electron chi connectivity index (χ2n) is 4.47. The fourth-order valence-electron chi connectivity index (χ4n) is 2.14. The van der Waals surface area contributed by atoms with Crippen molar-refractivity contribution in [2.75, 3.05) is 32.6 Å². The van der Waals surface area contributed by atoms with E-state index in [1.807, 2.05) is 18.2 Å². The first-order valence-electron chi connectivity index (χ1n) is 5.95. The third-order valence-electron chi connectivity index (χ3n) is 3.18. The van der Waals surface area contributed by atoms with Gasteiger partial charge < -0.3 is 15.2 Å². The van der Waals surface area contributed by atoms with Crippen molar-refractivity contribution in [2.24, 2.45) is 0 Å². The summed E-state index contributed by atoms with van der Waals surface area (Å²) >= 11 is 0. The second-order valence-corrected chi connectivity index (χ2v) is 4.47. The van der Waals surface area contributed by atoms with Gasteiger partial charge in [-0.3, -0.25) is 4.90 Å². The van der Waals surface area contributed by atoms with E-state index < -0.39 is 0 Å². The summed E-state index contributed by atoms with van der Waals surface area (Å²) in [6, 6.07) is 6.22. The maximum Gasteiger partial charge on any atom is 0.123 e. The van der Waals surface area contributed by atoms with E-state index in [0.29, 0.717) is 6.04 Å². The van der Waals surface area contributed by atoms with E-state index >= 15 is 0 Å². The smallest absolute Gasteiger partial charge is 0.123 e. The molecule has 0 aromatic heterocycles. The average molecular weight is 236 g/mol. The summed E-state index contributed by atoms with van der Waals surface area (Å²) in [6.45, 7) is 5.59. The van der Waals surface area contributed by atoms with Gasteiger partial charge in [-0.1, -0.05) is 0 Å². The van der Waals surface area contributed by atoms with Gasteiger partial charge in [0.1, 0.15) is 5.75 Å². The molecule has 1 atom stereocenters. The summed E-state index contributed by atoms with van der Waals surface area (Å²) in [6.07, 6.45) is 0. The van der Waals surface area contributed by atoms with Gasteiger partial charge in [-0.2, -0.15) is 0 Å². The fraction of sp³-hybridized carbons (Fsp3) is 0.538. The van der Waals surface area contributed by atoms with Gasteiger partial charge in [0, 0.05) is 30.4 Å². The van der Waals surface area contributed by atoms with Crippen LogP contribution in [0.2, 0.25) is 0 Å². The molecule has 0 saturated carbocycles. The highest BCUT2D eigenvalue weighted by Crippen LogP contribution is 2.24. The molecule has 0 bridgehead atoms. The highest BCUT2D eigenvalue weighted by molar-refractivity contribution is 5.47. The molecular weight excluding hydrogens is 216 g/mol. The highest BCUT2D eigenvalue weighted by Gasteiger charge is 2.20. The lowest BCUT2D eigenvalue weighted by Gasteiger charge is -2.33. The molecule has 17 heavy (non-hydrogen) atoms. The Hall–Kier alpha value is -1.26. The SMILES string of the molecule is COc1ccc(N)cc1CN1CCOCC1C. The van der Waals surface area contributed by atoms with Gasteiger partial charge in [-0.15, -0.1) is 0 Å². The normalized spacial score (nSPS) is 21.4. The van der Waals surface area contributed by atoms with Crippen molar-refractivity contribution < 1.29 is 9.47 Å². The third kappa shape index (κ3) is 2.90. The molecule has 1 aliphatic rings. The summed E-state index contributed by atoms with van der Waals surface area (Å²) in [7, 11) is 1.69. The topological polar surface area (TPSA) is 47.7 Å². The van der Waals surface area contributed by atoms with Gasteiger partial charge >= 0.3 is 0 Å². The number of hydrogen-bond acceptors (Lipinski definition) is 4. The lowest BCUT2D eigenvalue weighted by molar-refractivity contribution is -0.00463. The number of nitrogens with two attached hydrogens (primary N) is 1. The van der Waals surface area contributed by atoms with Crippen molar-refractivity contribution >= 4 is 5.69 Å². The van der Waals surface area contributed by atoms with Crippen LogP contribution in [0.25, 0.3) is 0 Å². The lowest BCUT2D eigenvalue weighted by Crippen LogP contribution is -2.42. The van der Waals surface area contributed by atoms with Crippen LogP contribution in [0.15, 0.2) is 18.2 Å². The number of rotatable bonds is 3. The van der Waals surface area contributed by atoms with E-state index in [4.69, 9.17) is 15.2 Å². The summed E-state index contributed by atoms with van der Waals surface area (Å²) in [5, 5.41) is 0. The number of nitrogen functional groups attached to an aromatic ring is 1. The minimum absolute atomic E-state index is 0.440. The molecule has 0 aliphatic carbocycles. The summed E-state index contributed by atoms with van der Waals surface area (Å²) in [5.74, 6) is 0.901. The van der Waals surface area contributed by atoms with E-state index in [1.54, 1.807) is 7.11 Å². The van der Waals surface area contributed by atoms with Crippen LogP contribution in [0, 0.1) is 0 Å². The van der Waals surface area contributed by atoms with Crippen molar-refractivity contribution in [2.45, 2.75) is 19.5 Å². The molecule has 0 radical (unpaired) electrons. The van der Waals surface area contributed by atoms with Crippen LogP contribution in [0.3, 0.4) is 0 Å². The first-order valence-corrected chi connectivity index (χ1v) is 5.95. The van der Waals surface area contributed by atoms with Crippen molar-refractivity contribution in [3.8, 4) is 5.75 Å². The van der Waals surface area contributed by atoms with Crippen LogP contribution in [-0.2, 0) is 11.3 Å². The van der Waals surface area contributed by atoms with Crippen LogP contribution >= 0.6 is 0 Å². The number of hydrogen-bond donors (Lipinski definition) is 1. The quantitative estimate of drug-likeness (QED) is 0.808. The molecular formula is C13H20N2O2. The van der Waals surface area contributed by atoms with Crippen LogP contribution in [0.4, 0.5) is 5.69 Å². The highest BCUT2D eigenvalue weighted by atomic mass is 16.5. The first kappa shape index (κ1) is 12.2. The zero-order valence-electron chi connectivity index (χ0n) is 10.5. The molecule has 1 aromatic carbocycles. The number of ether oxygens (including phenoxy) is 2. The molecule has 1 fully saturated rings. The molecule has 94 valence electrons. The Labute approximate surface area is 102 Å². The van der Waals surface area contributed by atoms with Crippen molar-refractivity contribution in [3.05, 3.63) is 23.8 Å². The average Bonchev–Trinajstić information content (AvgIpc) is 2.32. The third-order valence-corrected chi connectivity index (χ3v) is 3.18. The number of morpholine rings is 1. The van der Waals surface area contributed by atoms with Crippen molar-refractivity contribution in [1.29, 1.82) is 0 Å². The minimum atomic E-state index is 0.440. The molecule has 1 heterocycles. The van der Waals surface area contributed by atoms with Gasteiger partial charge in [0.25, 0.3) is 0 Å². The number of methoxy groups -OCH3 is 1. The van der Waals surface area contributed by atoms with E-state index in [0.717, 1.165) is 43.3 Å². The van der Waals surface area contributed by atoms with Gasteiger partial charge in [0.2, 0.25) is 0 Å². The molecule has 2 N–H and O–H groups in total. The van der Waals surface area contributed by atoms with Gasteiger partial charge in [0.05, 0.1) is 20.3 Å². The number of benzene rings is 1. The number of nitrogens with zero attached hydrogens (tertiary/aromatic N) is 1. The Morgan fingerprint density at radius 1 is 1.53 bits per heavy atom. The zero-order valence-corrected chi connectivity index (χ0v) is 10.5. The van der Waals surface area contributed by atoms with E-state index in [-0.39, 0.29) is 0 Å². The molecule has 4 nitrogen and oxygen atoms in total. The maximum atomic E-state index is 5.82. The van der Waals surface area contributed by atoms with Crippen LogP contribution in [0.1, 0.15) is 12.5 Å². The van der Waals surface area contributed by atoms with Crippen LogP contribution in [-0.4, -0.2) is 37.8 Å². The molecule has 1 aromatic rings. The molecule has 0 amide bonds. The van der Waals surface area contributed by atoms with E-state index in [9.17, 15) is 0 Å². The fourth-order valence-corrected chi connectivity index (χ4v) is 2.14. The predicted octanol–water partition coefficient (Wildman–Crippen LogP) is 1.50. The maximum absolute atomic E-state index is 5.82. The summed E-state index contributed by atoms with van der Waals surface area (Å²) < 4.78 is 10.8. The Morgan fingerprint density at radius 2 is 2.35 bits per heavy atom. The van der Waals surface area contributed by atoms with Gasteiger partial charge in [0.15, 0.2) is 0 Å². The molecule has 0 spiro atoms. The molecule has 1 saturated heterocycles. The second kappa shape index (κ2) is 5.38. The Balaban J connectivity index is 2.13. The first-order chi connectivity index (χ1) is 8.20. The van der Waals surface area contributed by atoms with E-state index in [2.05, 4.69) is 11.8 Å². The van der Waals surface area contributed by atoms with Crippen LogP contribution in [0.5, 0.6) is 5.75 Å². The van der Waals surface area contributed by atoms with Crippen molar-refractivity contribution in [1.82, 2.24) is 4.90 Å². The molecule has 1 aliphatic heterocycles. The molecule has 2 rings (SSSR count). The minimum Gasteiger partial charge on any atom is -0.496 e. The largest absolute Gasteiger partial charge is 0.496 e.